The van der Waals surface area contributed by atoms with E-state index in [4.69, 9.17) is 10.5 Å². The zero-order valence-corrected chi connectivity index (χ0v) is 15.9. The number of nitro benzene ring substituents is 1. The number of ether oxygens (including phenoxy) is 1. The van der Waals surface area contributed by atoms with Gasteiger partial charge < -0.3 is 15.4 Å². The number of methoxy groups -OCH3 is 1. The molecule has 144 valence electrons. The van der Waals surface area contributed by atoms with Crippen LogP contribution in [0.25, 0.3) is 0 Å². The number of benzene rings is 2. The van der Waals surface area contributed by atoms with Gasteiger partial charge in [0.25, 0.3) is 5.69 Å². The predicted molar refractivity (Wildman–Crippen MR) is 107 cm³/mol. The Morgan fingerprint density at radius 3 is 2.74 bits per heavy atom. The van der Waals surface area contributed by atoms with Crippen molar-refractivity contribution >= 4 is 17.1 Å². The van der Waals surface area contributed by atoms with Crippen LogP contribution in [0.15, 0.2) is 36.4 Å². The molecule has 7 heteroatoms. The van der Waals surface area contributed by atoms with E-state index < -0.39 is 0 Å². The lowest BCUT2D eigenvalue weighted by atomic mass is 10.1. The molecule has 1 saturated heterocycles. The molecule has 1 fully saturated rings. The van der Waals surface area contributed by atoms with Gasteiger partial charge in [0.05, 0.1) is 12.0 Å². The van der Waals surface area contributed by atoms with Crippen LogP contribution >= 0.6 is 0 Å². The van der Waals surface area contributed by atoms with Gasteiger partial charge in [0, 0.05) is 44.5 Å². The van der Waals surface area contributed by atoms with Crippen LogP contribution in [-0.2, 0) is 6.54 Å². The Balaban J connectivity index is 1.73. The van der Waals surface area contributed by atoms with E-state index in [1.807, 2.05) is 18.2 Å². The molecule has 0 radical (unpaired) electrons. The van der Waals surface area contributed by atoms with Crippen LogP contribution in [0.5, 0.6) is 5.75 Å². The molecule has 7 nitrogen and oxygen atoms in total. The molecule has 2 aromatic rings. The van der Waals surface area contributed by atoms with Gasteiger partial charge in [-0.25, -0.2) is 0 Å². The lowest BCUT2D eigenvalue weighted by molar-refractivity contribution is -0.384. The second-order valence-electron chi connectivity index (χ2n) is 6.92. The summed E-state index contributed by atoms with van der Waals surface area (Å²) in [7, 11) is 1.67. The predicted octanol–water partition coefficient (Wildman–Crippen LogP) is 3.21. The van der Waals surface area contributed by atoms with E-state index >= 15 is 0 Å². The fourth-order valence-electron chi connectivity index (χ4n) is 3.50. The topological polar surface area (TPSA) is 84.9 Å². The molecule has 0 aliphatic carbocycles. The van der Waals surface area contributed by atoms with Crippen LogP contribution in [0.4, 0.5) is 17.1 Å². The molecule has 0 saturated carbocycles. The number of nitrogen functional groups attached to an aromatic ring is 1. The summed E-state index contributed by atoms with van der Waals surface area (Å²) in [5.74, 6) is 0.856. The Bertz CT molecular complexity index is 825. The summed E-state index contributed by atoms with van der Waals surface area (Å²) in [5.41, 5.74) is 9.29. The summed E-state index contributed by atoms with van der Waals surface area (Å²) in [6, 6.07) is 11.4. The maximum atomic E-state index is 11.5. The van der Waals surface area contributed by atoms with E-state index in [-0.39, 0.29) is 10.6 Å². The highest BCUT2D eigenvalue weighted by Crippen LogP contribution is 2.33. The standard InChI is InChI=1S/C20H26N4O3/c1-15-11-20(24(25)26)19(13-18(15)21)23-8-4-7-22(9-10-23)14-16-5-3-6-17(12-16)27-2/h3,5-6,11-13H,4,7-10,14,21H2,1-2H3. The molecule has 1 heterocycles. The third kappa shape index (κ3) is 4.49. The quantitative estimate of drug-likeness (QED) is 0.494. The van der Waals surface area contributed by atoms with Gasteiger partial charge in [0.2, 0.25) is 0 Å². The van der Waals surface area contributed by atoms with E-state index in [0.717, 1.165) is 50.5 Å². The molecule has 27 heavy (non-hydrogen) atoms. The Morgan fingerprint density at radius 1 is 1.19 bits per heavy atom. The Labute approximate surface area is 159 Å². The zero-order chi connectivity index (χ0) is 19.4. The average Bonchev–Trinajstić information content (AvgIpc) is 2.89. The number of anilines is 2. The second kappa shape index (κ2) is 8.26. The van der Waals surface area contributed by atoms with E-state index in [2.05, 4.69) is 15.9 Å². The van der Waals surface area contributed by atoms with Crippen molar-refractivity contribution in [1.82, 2.24) is 4.90 Å². The highest BCUT2D eigenvalue weighted by Gasteiger charge is 2.23. The molecule has 0 spiro atoms. The summed E-state index contributed by atoms with van der Waals surface area (Å²) in [6.45, 7) is 5.92. The van der Waals surface area contributed by atoms with Gasteiger partial charge in [0.1, 0.15) is 11.4 Å². The van der Waals surface area contributed by atoms with Crippen LogP contribution in [-0.4, -0.2) is 43.1 Å². The third-order valence-electron chi connectivity index (χ3n) is 5.03. The second-order valence-corrected chi connectivity index (χ2v) is 6.92. The van der Waals surface area contributed by atoms with Gasteiger partial charge in [-0.15, -0.1) is 0 Å². The largest absolute Gasteiger partial charge is 0.497 e. The van der Waals surface area contributed by atoms with Crippen molar-refractivity contribution in [1.29, 1.82) is 0 Å². The van der Waals surface area contributed by atoms with E-state index in [1.54, 1.807) is 26.2 Å². The Kier molecular flexibility index (Phi) is 5.81. The van der Waals surface area contributed by atoms with Gasteiger partial charge in [-0.05, 0) is 42.7 Å². The molecular formula is C20H26N4O3. The summed E-state index contributed by atoms with van der Waals surface area (Å²) in [4.78, 5) is 15.6. The van der Waals surface area contributed by atoms with Crippen molar-refractivity contribution in [2.75, 3.05) is 43.9 Å². The van der Waals surface area contributed by atoms with Gasteiger partial charge >= 0.3 is 0 Å². The van der Waals surface area contributed by atoms with Crippen molar-refractivity contribution in [3.8, 4) is 5.75 Å². The van der Waals surface area contributed by atoms with Crippen molar-refractivity contribution in [2.24, 2.45) is 0 Å². The van der Waals surface area contributed by atoms with Crippen molar-refractivity contribution in [3.63, 3.8) is 0 Å². The van der Waals surface area contributed by atoms with E-state index in [0.29, 0.717) is 11.4 Å². The lowest BCUT2D eigenvalue weighted by Gasteiger charge is -2.24. The molecule has 2 N–H and O–H groups in total. The van der Waals surface area contributed by atoms with Crippen molar-refractivity contribution in [3.05, 3.63) is 57.6 Å². The molecule has 0 bridgehead atoms. The van der Waals surface area contributed by atoms with Crippen molar-refractivity contribution in [2.45, 2.75) is 19.9 Å². The maximum Gasteiger partial charge on any atom is 0.292 e. The minimum Gasteiger partial charge on any atom is -0.497 e. The number of nitrogens with zero attached hydrogens (tertiary/aromatic N) is 3. The first-order valence-corrected chi connectivity index (χ1v) is 9.12. The number of aryl methyl sites for hydroxylation is 1. The Morgan fingerprint density at radius 2 is 2.00 bits per heavy atom. The van der Waals surface area contributed by atoms with Crippen LogP contribution in [0, 0.1) is 17.0 Å². The Hall–Kier alpha value is -2.80. The average molecular weight is 370 g/mol. The van der Waals surface area contributed by atoms with Gasteiger partial charge in [-0.1, -0.05) is 12.1 Å². The SMILES string of the molecule is COc1cccc(CN2CCCN(c3cc(N)c(C)cc3[N+](=O)[O-])CC2)c1. The summed E-state index contributed by atoms with van der Waals surface area (Å²) in [6.07, 6.45) is 0.939. The van der Waals surface area contributed by atoms with Gasteiger partial charge in [-0.3, -0.25) is 15.0 Å². The van der Waals surface area contributed by atoms with Crippen LogP contribution in [0.2, 0.25) is 0 Å². The fourth-order valence-corrected chi connectivity index (χ4v) is 3.50. The van der Waals surface area contributed by atoms with Crippen LogP contribution in [0.1, 0.15) is 17.5 Å². The molecule has 2 aromatic carbocycles. The fraction of sp³-hybridized carbons (Fsp3) is 0.400. The molecule has 3 rings (SSSR count). The molecule has 1 aliphatic heterocycles. The molecule has 0 amide bonds. The lowest BCUT2D eigenvalue weighted by Crippen LogP contribution is -2.31. The number of nitro groups is 1. The number of rotatable bonds is 5. The minimum atomic E-state index is -0.319. The van der Waals surface area contributed by atoms with Crippen LogP contribution in [0.3, 0.4) is 0 Å². The summed E-state index contributed by atoms with van der Waals surface area (Å²) < 4.78 is 5.30. The first kappa shape index (κ1) is 19.0. The van der Waals surface area contributed by atoms with Gasteiger partial charge in [0.15, 0.2) is 0 Å². The first-order chi connectivity index (χ1) is 13.0. The van der Waals surface area contributed by atoms with E-state index in [1.165, 1.54) is 5.56 Å². The highest BCUT2D eigenvalue weighted by molar-refractivity contribution is 5.71. The molecular weight excluding hydrogens is 344 g/mol. The number of hydrogen-bond donors (Lipinski definition) is 1. The normalized spacial score (nSPS) is 15.4. The maximum absolute atomic E-state index is 11.5. The third-order valence-corrected chi connectivity index (χ3v) is 5.03. The van der Waals surface area contributed by atoms with E-state index in [9.17, 15) is 10.1 Å². The summed E-state index contributed by atoms with van der Waals surface area (Å²) in [5, 5.41) is 11.5. The van der Waals surface area contributed by atoms with Gasteiger partial charge in [-0.2, -0.15) is 0 Å². The summed E-state index contributed by atoms with van der Waals surface area (Å²) >= 11 is 0. The molecule has 0 unspecified atom stereocenters. The minimum absolute atomic E-state index is 0.128. The molecule has 1 aliphatic rings. The first-order valence-electron chi connectivity index (χ1n) is 9.12. The zero-order valence-electron chi connectivity index (χ0n) is 15.9. The number of hydrogen-bond acceptors (Lipinski definition) is 6. The smallest absolute Gasteiger partial charge is 0.292 e. The molecule has 0 aromatic heterocycles. The van der Waals surface area contributed by atoms with Crippen LogP contribution < -0.4 is 15.4 Å². The molecule has 0 atom stereocenters. The monoisotopic (exact) mass is 370 g/mol. The highest BCUT2D eigenvalue weighted by atomic mass is 16.6. The number of nitrogens with two attached hydrogens (primary N) is 1. The van der Waals surface area contributed by atoms with Crippen molar-refractivity contribution < 1.29 is 9.66 Å².